The molecule has 14 heteroatoms. The van der Waals surface area contributed by atoms with E-state index in [0.29, 0.717) is 10.0 Å². The third-order valence-corrected chi connectivity index (χ3v) is 2.99. The normalized spacial score (nSPS) is 11.0. The zero-order valence-corrected chi connectivity index (χ0v) is 21.0. The van der Waals surface area contributed by atoms with E-state index in [4.69, 9.17) is 0 Å². The first-order chi connectivity index (χ1) is 13.1. The molecule has 0 radical (unpaired) electrons. The predicted octanol–water partition coefficient (Wildman–Crippen LogP) is 3.15. The molecule has 4 nitrogen and oxygen atoms in total. The Hall–Kier alpha value is -0.669. The van der Waals surface area contributed by atoms with Crippen molar-refractivity contribution in [1.82, 2.24) is 19.9 Å². The van der Waals surface area contributed by atoms with Gasteiger partial charge in [-0.15, -0.1) is 6.58 Å². The molecule has 0 unspecified atom stereocenters. The van der Waals surface area contributed by atoms with Crippen molar-refractivity contribution in [2.75, 3.05) is 0 Å². The summed E-state index contributed by atoms with van der Waals surface area (Å²) in [6, 6.07) is 0. The summed E-state index contributed by atoms with van der Waals surface area (Å²) in [6.07, 6.45) is 6.70. The van der Waals surface area contributed by atoms with Gasteiger partial charge in [0.1, 0.15) is 0 Å². The summed E-state index contributed by atoms with van der Waals surface area (Å²) in [4.78, 5) is 13.9. The molecule has 0 N–H and O–H groups in total. The molecular formula is C16H16BBrF7KN4. The maximum Gasteiger partial charge on any atom is 1.00 e. The molecular weight excluding hydrogens is 511 g/mol. The molecule has 160 valence electrons. The minimum atomic E-state index is -4.72. The van der Waals surface area contributed by atoms with Gasteiger partial charge in [0, 0.05) is 44.2 Å². The van der Waals surface area contributed by atoms with Crippen LogP contribution in [0, 0.1) is 0 Å². The zero-order chi connectivity index (χ0) is 22.9. The van der Waals surface area contributed by atoms with Crippen molar-refractivity contribution in [2.24, 2.45) is 0 Å². The maximum absolute atomic E-state index is 12.5. The monoisotopic (exact) mass is 526 g/mol. The molecule has 0 aliphatic heterocycles. The van der Waals surface area contributed by atoms with Crippen LogP contribution in [-0.4, -0.2) is 26.9 Å². The number of hydrogen-bond donors (Lipinski definition) is 0. The molecule has 0 saturated carbocycles. The Bertz CT molecular complexity index is 777. The predicted molar refractivity (Wildman–Crippen MR) is 100 cm³/mol. The largest absolute Gasteiger partial charge is 1.00 e. The van der Waals surface area contributed by atoms with Crippen LogP contribution in [0.15, 0.2) is 48.4 Å². The van der Waals surface area contributed by atoms with Gasteiger partial charge in [-0.1, -0.05) is 12.7 Å². The number of halogens is 8. The molecule has 0 aromatic carbocycles. The van der Waals surface area contributed by atoms with Gasteiger partial charge in [0.2, 0.25) is 0 Å². The van der Waals surface area contributed by atoms with Gasteiger partial charge < -0.3 is 12.9 Å². The maximum atomic E-state index is 12.5. The first kappa shape index (κ1) is 31.5. The summed E-state index contributed by atoms with van der Waals surface area (Å²) >= 11 is 3.04. The third kappa shape index (κ3) is 14.4. The molecule has 2 aromatic rings. The molecule has 0 saturated heterocycles. The van der Waals surface area contributed by atoms with Crippen LogP contribution < -0.4 is 51.4 Å². The SMILES string of the molecule is C=C[B-](F)(F)F.C=Cc1cnc(C(C)(F)F)nc1.CC(F)(F)c1ncc(Br)cn1.[K+]. The topological polar surface area (TPSA) is 51.6 Å². The Balaban J connectivity index is 0. The van der Waals surface area contributed by atoms with Gasteiger partial charge in [-0.25, -0.2) is 19.9 Å². The van der Waals surface area contributed by atoms with Crippen LogP contribution in [0.2, 0.25) is 0 Å². The minimum Gasteiger partial charge on any atom is -0.445 e. The van der Waals surface area contributed by atoms with Crippen molar-refractivity contribution in [3.05, 3.63) is 65.6 Å². The molecule has 0 aliphatic carbocycles. The van der Waals surface area contributed by atoms with Gasteiger partial charge in [0.15, 0.2) is 11.6 Å². The van der Waals surface area contributed by atoms with E-state index in [-0.39, 0.29) is 57.4 Å². The van der Waals surface area contributed by atoms with Gasteiger partial charge >= 0.3 is 70.2 Å². The van der Waals surface area contributed by atoms with Crippen molar-refractivity contribution in [3.8, 4) is 0 Å². The second-order valence-electron chi connectivity index (χ2n) is 5.41. The van der Waals surface area contributed by atoms with Crippen LogP contribution >= 0.6 is 15.9 Å². The van der Waals surface area contributed by atoms with Crippen LogP contribution in [-0.2, 0) is 11.8 Å². The average molecular weight is 527 g/mol. The van der Waals surface area contributed by atoms with Gasteiger partial charge in [-0.05, 0) is 15.9 Å². The van der Waals surface area contributed by atoms with Crippen molar-refractivity contribution in [3.63, 3.8) is 0 Å². The second kappa shape index (κ2) is 13.7. The molecule has 2 heterocycles. The molecule has 0 aliphatic rings. The fourth-order valence-corrected chi connectivity index (χ4v) is 1.41. The fourth-order valence-electron chi connectivity index (χ4n) is 1.21. The van der Waals surface area contributed by atoms with Crippen LogP contribution in [0.1, 0.15) is 31.1 Å². The van der Waals surface area contributed by atoms with Gasteiger partial charge in [-0.2, -0.15) is 23.5 Å². The van der Waals surface area contributed by atoms with E-state index >= 15 is 0 Å². The molecule has 0 amide bonds. The summed E-state index contributed by atoms with van der Waals surface area (Å²) in [5, 5.41) is 0. The van der Waals surface area contributed by atoms with E-state index in [2.05, 4.69) is 49.0 Å². The summed E-state index contributed by atoms with van der Waals surface area (Å²) < 4.78 is 82.7. The van der Waals surface area contributed by atoms with E-state index in [1.54, 1.807) is 0 Å². The van der Waals surface area contributed by atoms with Gasteiger partial charge in [-0.3, -0.25) is 0 Å². The molecule has 0 spiro atoms. The van der Waals surface area contributed by atoms with Crippen molar-refractivity contribution < 1.29 is 81.9 Å². The fraction of sp³-hybridized carbons (Fsp3) is 0.250. The smallest absolute Gasteiger partial charge is 0.445 e. The standard InChI is InChI=1S/C8H8F2N2.C6H5BrF2N2.C2H3BF3.K/c1-3-6-4-11-7(12-5-6)8(2,9)10;1-6(8,9)5-10-2-4(7)3-11-5;1-2-3(4,5)6;/h3-5H,1H2,2H3;2-3H,1H3;2H,1H2;/q;;-1;+1. The molecule has 30 heavy (non-hydrogen) atoms. The van der Waals surface area contributed by atoms with E-state index in [1.165, 1.54) is 30.9 Å². The quantitative estimate of drug-likeness (QED) is 0.454. The molecule has 0 atom stereocenters. The summed E-state index contributed by atoms with van der Waals surface area (Å²) in [5.74, 6) is -6.85. The van der Waals surface area contributed by atoms with Crippen molar-refractivity contribution in [2.45, 2.75) is 25.7 Å². The first-order valence-corrected chi connectivity index (χ1v) is 8.41. The van der Waals surface area contributed by atoms with E-state index in [0.717, 1.165) is 13.8 Å². The number of aromatic nitrogens is 4. The Morgan fingerprint density at radius 1 is 0.833 bits per heavy atom. The summed E-state index contributed by atoms with van der Waals surface area (Å²) in [7, 11) is 0. The molecule has 2 aromatic heterocycles. The van der Waals surface area contributed by atoms with E-state index in [9.17, 15) is 30.5 Å². The first-order valence-electron chi connectivity index (χ1n) is 7.62. The minimum absolute atomic E-state index is 0. The van der Waals surface area contributed by atoms with Crippen LogP contribution in [0.5, 0.6) is 0 Å². The average Bonchev–Trinajstić information content (AvgIpc) is 2.61. The number of nitrogens with zero attached hydrogens (tertiary/aromatic N) is 4. The number of alkyl halides is 4. The Labute approximate surface area is 220 Å². The second-order valence-corrected chi connectivity index (χ2v) is 6.32. The third-order valence-electron chi connectivity index (χ3n) is 2.58. The molecule has 2 rings (SSSR count). The molecule has 0 fully saturated rings. The molecule has 0 bridgehead atoms. The Morgan fingerprint density at radius 2 is 1.13 bits per heavy atom. The van der Waals surface area contributed by atoms with E-state index in [1.807, 2.05) is 0 Å². The van der Waals surface area contributed by atoms with Gasteiger partial charge in [0.05, 0.1) is 4.47 Å². The van der Waals surface area contributed by atoms with Crippen molar-refractivity contribution in [1.29, 1.82) is 0 Å². The van der Waals surface area contributed by atoms with Crippen molar-refractivity contribution >= 4 is 29.0 Å². The Morgan fingerprint density at radius 3 is 1.37 bits per heavy atom. The number of hydrogen-bond acceptors (Lipinski definition) is 4. The number of rotatable bonds is 4. The van der Waals surface area contributed by atoms with Crippen LogP contribution in [0.4, 0.5) is 30.5 Å². The van der Waals surface area contributed by atoms with E-state index < -0.39 is 30.5 Å². The summed E-state index contributed by atoms with van der Waals surface area (Å²) in [6.45, 7) is 2.79. The van der Waals surface area contributed by atoms with Crippen LogP contribution in [0.25, 0.3) is 6.08 Å². The van der Waals surface area contributed by atoms with Crippen LogP contribution in [0.3, 0.4) is 0 Å². The zero-order valence-electron chi connectivity index (χ0n) is 16.3. The Kier molecular flexibility index (Phi) is 14.4. The van der Waals surface area contributed by atoms with Gasteiger partial charge in [0.25, 0.3) is 0 Å². The summed E-state index contributed by atoms with van der Waals surface area (Å²) in [5.41, 5.74) is 0.628.